The number of pyridine rings is 1. The zero-order valence-electron chi connectivity index (χ0n) is 7.77. The van der Waals surface area contributed by atoms with Crippen molar-refractivity contribution in [2.75, 3.05) is 0 Å². The highest BCUT2D eigenvalue weighted by molar-refractivity contribution is 9.10. The third kappa shape index (κ3) is 2.23. The molecule has 0 aromatic carbocycles. The SMILES string of the molecule is O=C1CC(c2cccnc2Br)CC(=O)O1. The molecular formula is C10H8BrNO3. The van der Waals surface area contributed by atoms with Gasteiger partial charge in [0.1, 0.15) is 4.60 Å². The smallest absolute Gasteiger partial charge is 0.314 e. The van der Waals surface area contributed by atoms with E-state index in [9.17, 15) is 9.59 Å². The van der Waals surface area contributed by atoms with Crippen LogP contribution in [0.1, 0.15) is 24.3 Å². The summed E-state index contributed by atoms with van der Waals surface area (Å²) in [6.45, 7) is 0. The fourth-order valence-corrected chi connectivity index (χ4v) is 2.18. The number of hydrogen-bond acceptors (Lipinski definition) is 4. The Morgan fingerprint density at radius 2 is 2.00 bits per heavy atom. The van der Waals surface area contributed by atoms with Gasteiger partial charge in [-0.05, 0) is 27.6 Å². The predicted octanol–water partition coefficient (Wildman–Crippen LogP) is 1.79. The van der Waals surface area contributed by atoms with Gasteiger partial charge in [-0.3, -0.25) is 9.59 Å². The summed E-state index contributed by atoms with van der Waals surface area (Å²) in [5.74, 6) is -1.05. The molecule has 2 rings (SSSR count). The van der Waals surface area contributed by atoms with Gasteiger partial charge in [0.05, 0.1) is 12.8 Å². The van der Waals surface area contributed by atoms with Gasteiger partial charge < -0.3 is 4.74 Å². The molecule has 1 fully saturated rings. The topological polar surface area (TPSA) is 56.3 Å². The average molecular weight is 270 g/mol. The van der Waals surface area contributed by atoms with Crippen LogP contribution in [0.5, 0.6) is 0 Å². The van der Waals surface area contributed by atoms with Gasteiger partial charge in [-0.15, -0.1) is 0 Å². The van der Waals surface area contributed by atoms with Crippen LogP contribution in [0.2, 0.25) is 0 Å². The number of esters is 2. The van der Waals surface area contributed by atoms with Gasteiger partial charge in [0.15, 0.2) is 0 Å². The Morgan fingerprint density at radius 3 is 2.60 bits per heavy atom. The second kappa shape index (κ2) is 4.10. The number of ether oxygens (including phenoxy) is 1. The van der Waals surface area contributed by atoms with E-state index in [1.54, 1.807) is 12.3 Å². The summed E-state index contributed by atoms with van der Waals surface area (Å²) >= 11 is 3.30. The van der Waals surface area contributed by atoms with Crippen LogP contribution in [0.3, 0.4) is 0 Å². The van der Waals surface area contributed by atoms with E-state index in [-0.39, 0.29) is 18.8 Å². The number of cyclic esters (lactones) is 2. The lowest BCUT2D eigenvalue weighted by molar-refractivity contribution is -0.163. The molecule has 0 radical (unpaired) electrons. The Kier molecular flexibility index (Phi) is 2.81. The molecule has 15 heavy (non-hydrogen) atoms. The van der Waals surface area contributed by atoms with Gasteiger partial charge in [-0.25, -0.2) is 4.98 Å². The minimum Gasteiger partial charge on any atom is -0.393 e. The van der Waals surface area contributed by atoms with Crippen LogP contribution in [0.15, 0.2) is 22.9 Å². The predicted molar refractivity (Wildman–Crippen MR) is 55.0 cm³/mol. The molecule has 0 spiro atoms. The highest BCUT2D eigenvalue weighted by atomic mass is 79.9. The molecule has 1 saturated heterocycles. The Labute approximate surface area is 94.8 Å². The van der Waals surface area contributed by atoms with E-state index in [1.165, 1.54) is 0 Å². The molecule has 0 aliphatic carbocycles. The summed E-state index contributed by atoms with van der Waals surface area (Å²) in [7, 11) is 0. The normalized spacial score (nSPS) is 17.7. The number of halogens is 1. The number of carbonyl (C=O) groups is 2. The van der Waals surface area contributed by atoms with Gasteiger partial charge in [0.25, 0.3) is 0 Å². The largest absolute Gasteiger partial charge is 0.393 e. The quantitative estimate of drug-likeness (QED) is 0.443. The molecule has 1 aliphatic heterocycles. The van der Waals surface area contributed by atoms with Crippen molar-refractivity contribution in [3.8, 4) is 0 Å². The van der Waals surface area contributed by atoms with Crippen molar-refractivity contribution in [1.82, 2.24) is 4.98 Å². The van der Waals surface area contributed by atoms with E-state index in [0.29, 0.717) is 4.60 Å². The Balaban J connectivity index is 2.27. The molecule has 1 aromatic heterocycles. The Hall–Kier alpha value is -1.23. The second-order valence-electron chi connectivity index (χ2n) is 3.33. The van der Waals surface area contributed by atoms with Crippen molar-refractivity contribution in [2.24, 2.45) is 0 Å². The van der Waals surface area contributed by atoms with Crippen molar-refractivity contribution >= 4 is 27.9 Å². The summed E-state index contributed by atoms with van der Waals surface area (Å²) < 4.78 is 5.14. The molecule has 0 unspecified atom stereocenters. The number of rotatable bonds is 1. The van der Waals surface area contributed by atoms with Crippen LogP contribution >= 0.6 is 15.9 Å². The first-order chi connectivity index (χ1) is 7.16. The summed E-state index contributed by atoms with van der Waals surface area (Å²) in [6.07, 6.45) is 2.11. The van der Waals surface area contributed by atoms with E-state index in [4.69, 9.17) is 0 Å². The first kappa shape index (κ1) is 10.3. The number of hydrogen-bond donors (Lipinski definition) is 0. The lowest BCUT2D eigenvalue weighted by Crippen LogP contribution is -2.24. The lowest BCUT2D eigenvalue weighted by Gasteiger charge is -2.20. The number of aromatic nitrogens is 1. The van der Waals surface area contributed by atoms with E-state index in [1.807, 2.05) is 6.07 Å². The van der Waals surface area contributed by atoms with E-state index < -0.39 is 11.9 Å². The highest BCUT2D eigenvalue weighted by Gasteiger charge is 2.29. The summed E-state index contributed by atoms with van der Waals surface area (Å²) in [4.78, 5) is 26.2. The standard InChI is InChI=1S/C10H8BrNO3/c11-10-7(2-1-3-12-10)6-4-8(13)15-9(14)5-6/h1-3,6H,4-5H2. The Bertz CT molecular complexity index is 403. The molecule has 1 aromatic rings. The van der Waals surface area contributed by atoms with Gasteiger partial charge in [-0.2, -0.15) is 0 Å². The van der Waals surface area contributed by atoms with Crippen molar-refractivity contribution < 1.29 is 14.3 Å². The second-order valence-corrected chi connectivity index (χ2v) is 4.09. The van der Waals surface area contributed by atoms with Gasteiger partial charge in [0, 0.05) is 12.1 Å². The fourth-order valence-electron chi connectivity index (χ4n) is 1.61. The zero-order chi connectivity index (χ0) is 10.8. The highest BCUT2D eigenvalue weighted by Crippen LogP contribution is 2.31. The zero-order valence-corrected chi connectivity index (χ0v) is 9.36. The summed E-state index contributed by atoms with van der Waals surface area (Å²) in [5.41, 5.74) is 0.877. The molecule has 1 aliphatic rings. The van der Waals surface area contributed by atoms with Gasteiger partial charge >= 0.3 is 11.9 Å². The third-order valence-electron chi connectivity index (χ3n) is 2.28. The van der Waals surface area contributed by atoms with E-state index >= 15 is 0 Å². The van der Waals surface area contributed by atoms with Crippen molar-refractivity contribution in [2.45, 2.75) is 18.8 Å². The molecule has 2 heterocycles. The minimum atomic E-state index is -0.466. The number of carbonyl (C=O) groups excluding carboxylic acids is 2. The maximum absolute atomic E-state index is 11.1. The van der Waals surface area contributed by atoms with Crippen LogP contribution in [0, 0.1) is 0 Å². The molecule has 0 saturated carbocycles. The summed E-state index contributed by atoms with van der Waals surface area (Å²) in [5, 5.41) is 0. The van der Waals surface area contributed by atoms with Crippen LogP contribution in [-0.2, 0) is 14.3 Å². The van der Waals surface area contributed by atoms with Crippen molar-refractivity contribution in [3.05, 3.63) is 28.5 Å². The first-order valence-corrected chi connectivity index (χ1v) is 5.30. The lowest BCUT2D eigenvalue weighted by atomic mass is 9.92. The van der Waals surface area contributed by atoms with Crippen LogP contribution in [0.25, 0.3) is 0 Å². The average Bonchev–Trinajstić information content (AvgIpc) is 2.16. The van der Waals surface area contributed by atoms with Crippen LogP contribution < -0.4 is 0 Å². The molecule has 5 heteroatoms. The maximum Gasteiger partial charge on any atom is 0.314 e. The van der Waals surface area contributed by atoms with Crippen LogP contribution in [0.4, 0.5) is 0 Å². The minimum absolute atomic E-state index is 0.123. The third-order valence-corrected chi connectivity index (χ3v) is 2.94. The van der Waals surface area contributed by atoms with Gasteiger partial charge in [-0.1, -0.05) is 6.07 Å². The van der Waals surface area contributed by atoms with Crippen molar-refractivity contribution in [1.29, 1.82) is 0 Å². The van der Waals surface area contributed by atoms with Crippen molar-refractivity contribution in [3.63, 3.8) is 0 Å². The van der Waals surface area contributed by atoms with E-state index in [0.717, 1.165) is 5.56 Å². The maximum atomic E-state index is 11.1. The molecular weight excluding hydrogens is 262 g/mol. The molecule has 0 bridgehead atoms. The van der Waals surface area contributed by atoms with E-state index in [2.05, 4.69) is 25.7 Å². The molecule has 4 nitrogen and oxygen atoms in total. The molecule has 78 valence electrons. The monoisotopic (exact) mass is 269 g/mol. The summed E-state index contributed by atoms with van der Waals surface area (Å²) in [6, 6.07) is 3.64. The fraction of sp³-hybridized carbons (Fsp3) is 0.300. The van der Waals surface area contributed by atoms with Crippen LogP contribution in [-0.4, -0.2) is 16.9 Å². The first-order valence-electron chi connectivity index (χ1n) is 4.50. The molecule has 0 atom stereocenters. The Morgan fingerprint density at radius 1 is 1.33 bits per heavy atom. The molecule has 0 N–H and O–H groups in total. The van der Waals surface area contributed by atoms with Gasteiger partial charge in [0.2, 0.25) is 0 Å². The number of nitrogens with zero attached hydrogens (tertiary/aromatic N) is 1. The molecule has 0 amide bonds.